The molecule has 4 nitrogen and oxygen atoms in total. The Hall–Kier alpha value is -2.24. The van der Waals surface area contributed by atoms with Crippen LogP contribution in [0.5, 0.6) is 23.3 Å². The minimum atomic E-state index is 0.133. The summed E-state index contributed by atoms with van der Waals surface area (Å²) in [6, 6.07) is 17.1. The van der Waals surface area contributed by atoms with Gasteiger partial charge in [0.1, 0.15) is 11.5 Å². The molecule has 0 aliphatic rings. The van der Waals surface area contributed by atoms with Gasteiger partial charge >= 0.3 is 0 Å². The number of nitrogens with zero attached hydrogens (tertiary/aromatic N) is 2. The lowest BCUT2D eigenvalue weighted by atomic mass is 10.3. The van der Waals surface area contributed by atoms with Gasteiger partial charge in [-0.25, -0.2) is 9.97 Å². The molecule has 0 aliphatic carbocycles. The van der Waals surface area contributed by atoms with Gasteiger partial charge in [-0.1, -0.05) is 58.5 Å². The minimum absolute atomic E-state index is 0.133. The van der Waals surface area contributed by atoms with Crippen molar-refractivity contribution in [2.75, 3.05) is 0 Å². The van der Waals surface area contributed by atoms with Gasteiger partial charge in [-0.2, -0.15) is 0 Å². The van der Waals surface area contributed by atoms with Crippen LogP contribution in [0.25, 0.3) is 11.0 Å². The lowest BCUT2D eigenvalue weighted by Crippen LogP contribution is -1.98. The van der Waals surface area contributed by atoms with Crippen LogP contribution in [0.4, 0.5) is 0 Å². The van der Waals surface area contributed by atoms with Crippen molar-refractivity contribution < 1.29 is 9.47 Å². The zero-order chi connectivity index (χ0) is 19.7. The Labute approximate surface area is 180 Å². The molecule has 0 saturated carbocycles. The van der Waals surface area contributed by atoms with Gasteiger partial charge in [-0.05, 0) is 48.5 Å². The molecule has 3 aromatic carbocycles. The van der Waals surface area contributed by atoms with E-state index in [1.54, 1.807) is 36.4 Å². The molecule has 0 saturated heterocycles. The number of hydrogen-bond acceptors (Lipinski definition) is 4. The molecule has 4 rings (SSSR count). The number of rotatable bonds is 4. The number of fused-ring (bicyclic) bond motifs is 1. The number of ether oxygens (including phenoxy) is 2. The Kier molecular flexibility index (Phi) is 5.47. The van der Waals surface area contributed by atoms with Crippen LogP contribution in [0.2, 0.25) is 20.1 Å². The van der Waals surface area contributed by atoms with Crippen LogP contribution in [-0.4, -0.2) is 9.97 Å². The fourth-order valence-electron chi connectivity index (χ4n) is 2.42. The molecule has 0 bridgehead atoms. The Morgan fingerprint density at radius 2 is 1.00 bits per heavy atom. The molecule has 0 atom stereocenters. The van der Waals surface area contributed by atoms with Gasteiger partial charge in [-0.15, -0.1) is 0 Å². The summed E-state index contributed by atoms with van der Waals surface area (Å²) in [7, 11) is 0. The normalized spacial score (nSPS) is 10.9. The Bertz CT molecular complexity index is 1090. The average Bonchev–Trinajstić information content (AvgIpc) is 2.66. The van der Waals surface area contributed by atoms with E-state index in [1.165, 1.54) is 0 Å². The van der Waals surface area contributed by atoms with E-state index in [4.69, 9.17) is 55.9 Å². The highest BCUT2D eigenvalue weighted by atomic mass is 35.5. The average molecular weight is 452 g/mol. The van der Waals surface area contributed by atoms with E-state index in [9.17, 15) is 0 Å². The third kappa shape index (κ3) is 4.10. The van der Waals surface area contributed by atoms with Crippen molar-refractivity contribution in [3.8, 4) is 23.3 Å². The predicted molar refractivity (Wildman–Crippen MR) is 113 cm³/mol. The van der Waals surface area contributed by atoms with E-state index >= 15 is 0 Å². The first-order valence-electron chi connectivity index (χ1n) is 8.02. The number of aromatic nitrogens is 2. The number of para-hydroxylation sites is 2. The van der Waals surface area contributed by atoms with E-state index in [-0.39, 0.29) is 11.8 Å². The smallest absolute Gasteiger partial charge is 0.284 e. The first-order valence-corrected chi connectivity index (χ1v) is 9.53. The zero-order valence-corrected chi connectivity index (χ0v) is 17.0. The van der Waals surface area contributed by atoms with Gasteiger partial charge in [0, 0.05) is 10.0 Å². The molecule has 28 heavy (non-hydrogen) atoms. The molecule has 0 unspecified atom stereocenters. The highest BCUT2D eigenvalue weighted by molar-refractivity contribution is 6.36. The minimum Gasteiger partial charge on any atom is -0.433 e. The number of halogens is 4. The standard InChI is InChI=1S/C20H10Cl4N2O2/c21-11-5-7-17(13(23)9-11)27-19-20(26-16-4-2-1-3-15(16)25-19)28-18-8-6-12(22)10-14(18)24/h1-10H. The third-order valence-corrected chi connectivity index (χ3v) is 4.77. The topological polar surface area (TPSA) is 44.2 Å². The van der Waals surface area contributed by atoms with E-state index in [0.717, 1.165) is 0 Å². The van der Waals surface area contributed by atoms with E-state index in [2.05, 4.69) is 9.97 Å². The summed E-state index contributed by atoms with van der Waals surface area (Å²) in [5, 5.41) is 1.65. The van der Waals surface area contributed by atoms with Crippen molar-refractivity contribution in [2.45, 2.75) is 0 Å². The fourth-order valence-corrected chi connectivity index (χ4v) is 3.32. The van der Waals surface area contributed by atoms with Gasteiger partial charge in [0.05, 0.1) is 21.1 Å². The lowest BCUT2D eigenvalue weighted by Gasteiger charge is -2.13. The zero-order valence-electron chi connectivity index (χ0n) is 14.0. The van der Waals surface area contributed by atoms with Gasteiger partial charge in [0.2, 0.25) is 0 Å². The lowest BCUT2D eigenvalue weighted by molar-refractivity contribution is 0.395. The van der Waals surface area contributed by atoms with Crippen molar-refractivity contribution in [1.82, 2.24) is 9.97 Å². The molecule has 0 aliphatic heterocycles. The highest BCUT2D eigenvalue weighted by Gasteiger charge is 2.17. The largest absolute Gasteiger partial charge is 0.433 e. The second kappa shape index (κ2) is 8.02. The summed E-state index contributed by atoms with van der Waals surface area (Å²) in [4.78, 5) is 9.01. The maximum atomic E-state index is 6.22. The monoisotopic (exact) mass is 450 g/mol. The summed E-state index contributed by atoms with van der Waals surface area (Å²) in [5.41, 5.74) is 1.27. The van der Waals surface area contributed by atoms with Crippen LogP contribution < -0.4 is 9.47 Å². The molecular weight excluding hydrogens is 442 g/mol. The molecule has 0 radical (unpaired) electrons. The molecule has 1 heterocycles. The Morgan fingerprint density at radius 1 is 0.571 bits per heavy atom. The third-order valence-electron chi connectivity index (χ3n) is 3.71. The predicted octanol–water partition coefficient (Wildman–Crippen LogP) is 7.83. The molecule has 4 aromatic rings. The Balaban J connectivity index is 1.80. The first kappa shape index (κ1) is 19.1. The molecule has 8 heteroatoms. The number of hydrogen-bond donors (Lipinski definition) is 0. The van der Waals surface area contributed by atoms with Crippen molar-refractivity contribution in [2.24, 2.45) is 0 Å². The molecule has 1 aromatic heterocycles. The van der Waals surface area contributed by atoms with Crippen LogP contribution in [0, 0.1) is 0 Å². The SMILES string of the molecule is Clc1ccc(Oc2nc3ccccc3nc2Oc2ccc(Cl)cc2Cl)c(Cl)c1. The van der Waals surface area contributed by atoms with Crippen molar-refractivity contribution in [1.29, 1.82) is 0 Å². The molecule has 0 N–H and O–H groups in total. The van der Waals surface area contributed by atoms with E-state index in [0.29, 0.717) is 42.6 Å². The summed E-state index contributed by atoms with van der Waals surface area (Å²) in [6.45, 7) is 0. The highest BCUT2D eigenvalue weighted by Crippen LogP contribution is 2.38. The van der Waals surface area contributed by atoms with Gasteiger partial charge in [0.15, 0.2) is 0 Å². The van der Waals surface area contributed by atoms with E-state index in [1.807, 2.05) is 24.3 Å². The molecule has 0 fully saturated rings. The summed E-state index contributed by atoms with van der Waals surface area (Å²) in [5.74, 6) is 0.994. The number of benzene rings is 3. The molecule has 0 spiro atoms. The second-order valence-electron chi connectivity index (χ2n) is 5.68. The maximum Gasteiger partial charge on any atom is 0.284 e. The summed E-state index contributed by atoms with van der Waals surface area (Å²) < 4.78 is 11.8. The van der Waals surface area contributed by atoms with Crippen LogP contribution >= 0.6 is 46.4 Å². The summed E-state index contributed by atoms with van der Waals surface area (Å²) >= 11 is 24.3. The van der Waals surface area contributed by atoms with Crippen molar-refractivity contribution >= 4 is 57.4 Å². The van der Waals surface area contributed by atoms with Crippen molar-refractivity contribution in [3.05, 3.63) is 80.8 Å². The second-order valence-corrected chi connectivity index (χ2v) is 7.36. The van der Waals surface area contributed by atoms with Gasteiger partial charge in [-0.3, -0.25) is 0 Å². The van der Waals surface area contributed by atoms with Crippen LogP contribution in [-0.2, 0) is 0 Å². The van der Waals surface area contributed by atoms with Crippen molar-refractivity contribution in [3.63, 3.8) is 0 Å². The van der Waals surface area contributed by atoms with Gasteiger partial charge in [0.25, 0.3) is 11.8 Å². The van der Waals surface area contributed by atoms with Crippen LogP contribution in [0.1, 0.15) is 0 Å². The molecule has 0 amide bonds. The summed E-state index contributed by atoms with van der Waals surface area (Å²) in [6.07, 6.45) is 0. The van der Waals surface area contributed by atoms with Gasteiger partial charge < -0.3 is 9.47 Å². The quantitative estimate of drug-likeness (QED) is 0.317. The van der Waals surface area contributed by atoms with Crippen LogP contribution in [0.3, 0.4) is 0 Å². The fraction of sp³-hybridized carbons (Fsp3) is 0. The first-order chi connectivity index (χ1) is 13.5. The molecule has 140 valence electrons. The maximum absolute atomic E-state index is 6.22. The van der Waals surface area contributed by atoms with Crippen LogP contribution in [0.15, 0.2) is 60.7 Å². The molecular formula is C20H10Cl4N2O2. The Morgan fingerprint density at radius 3 is 1.39 bits per heavy atom. The van der Waals surface area contributed by atoms with E-state index < -0.39 is 0 Å².